The monoisotopic (exact) mass is 152 g/mol. The molecule has 0 N–H and O–H groups in total. The number of rotatable bonds is 4. The van der Waals surface area contributed by atoms with E-state index < -0.39 is 0 Å². The van der Waals surface area contributed by atoms with E-state index in [-0.39, 0.29) is 0 Å². The summed E-state index contributed by atoms with van der Waals surface area (Å²) in [5.41, 5.74) is 0. The minimum Gasteiger partial charge on any atom is -0.464 e. The van der Waals surface area contributed by atoms with Crippen molar-refractivity contribution >= 4 is 0 Å². The number of hydrogen-bond donors (Lipinski definition) is 0. The molecule has 0 fully saturated rings. The summed E-state index contributed by atoms with van der Waals surface area (Å²) in [6, 6.07) is 3.84. The largest absolute Gasteiger partial charge is 0.464 e. The van der Waals surface area contributed by atoms with Crippen LogP contribution >= 0.6 is 0 Å². The summed E-state index contributed by atoms with van der Waals surface area (Å²) < 4.78 is 10.4. The van der Waals surface area contributed by atoms with E-state index in [1.165, 1.54) is 0 Å². The fourth-order valence-electron chi connectivity index (χ4n) is 0.806. The highest BCUT2D eigenvalue weighted by atomic mass is 16.5. The van der Waals surface area contributed by atoms with E-state index in [4.69, 9.17) is 9.15 Å². The van der Waals surface area contributed by atoms with Gasteiger partial charge in [0.2, 0.25) is 0 Å². The summed E-state index contributed by atoms with van der Waals surface area (Å²) in [6.07, 6.45) is 1.72. The van der Waals surface area contributed by atoms with E-state index in [0.29, 0.717) is 13.2 Å². The van der Waals surface area contributed by atoms with Gasteiger partial charge < -0.3 is 9.15 Å². The van der Waals surface area contributed by atoms with Crippen LogP contribution in [0.1, 0.15) is 11.5 Å². The maximum atomic E-state index is 5.27. The first-order chi connectivity index (χ1) is 5.33. The van der Waals surface area contributed by atoms with E-state index >= 15 is 0 Å². The Bertz CT molecular complexity index is 225. The van der Waals surface area contributed by atoms with Crippen LogP contribution in [0.25, 0.3) is 0 Å². The third-order valence-electron chi connectivity index (χ3n) is 1.28. The molecule has 0 aliphatic rings. The zero-order valence-electron chi connectivity index (χ0n) is 6.67. The summed E-state index contributed by atoms with van der Waals surface area (Å²) >= 11 is 0. The highest BCUT2D eigenvalue weighted by Crippen LogP contribution is 2.06. The Morgan fingerprint density at radius 3 is 3.00 bits per heavy atom. The van der Waals surface area contributed by atoms with Gasteiger partial charge in [0.05, 0.1) is 6.61 Å². The van der Waals surface area contributed by atoms with Crippen LogP contribution in [0.4, 0.5) is 0 Å². The minimum atomic E-state index is 0.528. The molecule has 1 aromatic rings. The summed E-state index contributed by atoms with van der Waals surface area (Å²) in [5, 5.41) is 0. The molecule has 0 radical (unpaired) electrons. The van der Waals surface area contributed by atoms with Crippen molar-refractivity contribution in [2.45, 2.75) is 13.5 Å². The Labute approximate surface area is 66.5 Å². The van der Waals surface area contributed by atoms with Crippen LogP contribution in [0.15, 0.2) is 29.2 Å². The Kier molecular flexibility index (Phi) is 2.93. The molecular weight excluding hydrogens is 140 g/mol. The molecule has 11 heavy (non-hydrogen) atoms. The van der Waals surface area contributed by atoms with Crippen LogP contribution in [0.3, 0.4) is 0 Å². The van der Waals surface area contributed by atoms with Gasteiger partial charge in [-0.2, -0.15) is 0 Å². The van der Waals surface area contributed by atoms with Gasteiger partial charge in [0.1, 0.15) is 18.1 Å². The van der Waals surface area contributed by atoms with Gasteiger partial charge in [-0.25, -0.2) is 0 Å². The summed E-state index contributed by atoms with van der Waals surface area (Å²) in [4.78, 5) is 0. The smallest absolute Gasteiger partial charge is 0.129 e. The number of ether oxygens (including phenoxy) is 1. The molecular formula is C9H12O2. The van der Waals surface area contributed by atoms with E-state index in [1.807, 2.05) is 19.1 Å². The molecule has 60 valence electrons. The van der Waals surface area contributed by atoms with Crippen LogP contribution < -0.4 is 0 Å². The Hall–Kier alpha value is -1.02. The second-order valence-corrected chi connectivity index (χ2v) is 2.32. The summed E-state index contributed by atoms with van der Waals surface area (Å²) in [6.45, 7) is 6.55. The van der Waals surface area contributed by atoms with Gasteiger partial charge in [0, 0.05) is 0 Å². The fraction of sp³-hybridized carbons (Fsp3) is 0.333. The number of hydrogen-bond acceptors (Lipinski definition) is 2. The molecule has 0 unspecified atom stereocenters. The van der Waals surface area contributed by atoms with Gasteiger partial charge in [-0.15, -0.1) is 6.58 Å². The van der Waals surface area contributed by atoms with Crippen molar-refractivity contribution in [1.82, 2.24) is 0 Å². The maximum absolute atomic E-state index is 5.27. The lowest BCUT2D eigenvalue weighted by molar-refractivity contribution is 0.131. The van der Waals surface area contributed by atoms with E-state index in [1.54, 1.807) is 6.08 Å². The SMILES string of the molecule is C=CCOCc1ccc(C)o1. The molecule has 0 aliphatic carbocycles. The fourth-order valence-corrected chi connectivity index (χ4v) is 0.806. The zero-order valence-corrected chi connectivity index (χ0v) is 6.67. The molecule has 0 bridgehead atoms. The van der Waals surface area contributed by atoms with Gasteiger partial charge in [-0.1, -0.05) is 6.08 Å². The van der Waals surface area contributed by atoms with Gasteiger partial charge in [0.25, 0.3) is 0 Å². The van der Waals surface area contributed by atoms with Crippen molar-refractivity contribution in [3.8, 4) is 0 Å². The lowest BCUT2D eigenvalue weighted by atomic mass is 10.4. The Morgan fingerprint density at radius 1 is 1.64 bits per heavy atom. The molecule has 0 atom stereocenters. The molecule has 0 aliphatic heterocycles. The maximum Gasteiger partial charge on any atom is 0.129 e. The second-order valence-electron chi connectivity index (χ2n) is 2.32. The van der Waals surface area contributed by atoms with Crippen LogP contribution in [-0.4, -0.2) is 6.61 Å². The van der Waals surface area contributed by atoms with E-state index in [0.717, 1.165) is 11.5 Å². The van der Waals surface area contributed by atoms with E-state index in [2.05, 4.69) is 6.58 Å². The van der Waals surface area contributed by atoms with Crippen LogP contribution in [-0.2, 0) is 11.3 Å². The first kappa shape index (κ1) is 8.08. The molecule has 1 rings (SSSR count). The number of furan rings is 1. The molecule has 0 spiro atoms. The van der Waals surface area contributed by atoms with Gasteiger partial charge >= 0.3 is 0 Å². The summed E-state index contributed by atoms with van der Waals surface area (Å²) in [5.74, 6) is 1.78. The van der Waals surface area contributed by atoms with Crippen LogP contribution in [0.5, 0.6) is 0 Å². The third kappa shape index (κ3) is 2.60. The Balaban J connectivity index is 2.32. The quantitative estimate of drug-likeness (QED) is 0.488. The zero-order chi connectivity index (χ0) is 8.10. The summed E-state index contributed by atoms with van der Waals surface area (Å²) in [7, 11) is 0. The Morgan fingerprint density at radius 2 is 2.45 bits per heavy atom. The predicted octanol–water partition coefficient (Wildman–Crippen LogP) is 2.29. The first-order valence-corrected chi connectivity index (χ1v) is 3.57. The topological polar surface area (TPSA) is 22.4 Å². The highest BCUT2D eigenvalue weighted by Gasteiger charge is 1.96. The molecule has 2 heteroatoms. The normalized spacial score (nSPS) is 9.91. The third-order valence-corrected chi connectivity index (χ3v) is 1.28. The molecule has 0 saturated carbocycles. The van der Waals surface area contributed by atoms with Crippen molar-refractivity contribution in [2.75, 3.05) is 6.61 Å². The molecule has 0 saturated heterocycles. The molecule has 1 aromatic heterocycles. The average molecular weight is 152 g/mol. The van der Waals surface area contributed by atoms with Crippen molar-refractivity contribution in [3.63, 3.8) is 0 Å². The number of aryl methyl sites for hydroxylation is 1. The molecule has 1 heterocycles. The van der Waals surface area contributed by atoms with Gasteiger partial charge in [-0.05, 0) is 19.1 Å². The lowest BCUT2D eigenvalue weighted by Gasteiger charge is -1.95. The molecule has 0 amide bonds. The van der Waals surface area contributed by atoms with Crippen molar-refractivity contribution in [2.24, 2.45) is 0 Å². The van der Waals surface area contributed by atoms with E-state index in [9.17, 15) is 0 Å². The van der Waals surface area contributed by atoms with Crippen LogP contribution in [0, 0.1) is 6.92 Å². The average Bonchev–Trinajstić information content (AvgIpc) is 2.37. The molecule has 0 aromatic carbocycles. The predicted molar refractivity (Wildman–Crippen MR) is 43.3 cm³/mol. The van der Waals surface area contributed by atoms with Crippen molar-refractivity contribution < 1.29 is 9.15 Å². The highest BCUT2D eigenvalue weighted by molar-refractivity contribution is 5.04. The van der Waals surface area contributed by atoms with Gasteiger partial charge in [0.15, 0.2) is 0 Å². The van der Waals surface area contributed by atoms with Crippen molar-refractivity contribution in [3.05, 3.63) is 36.3 Å². The standard InChI is InChI=1S/C9H12O2/c1-3-6-10-7-9-5-4-8(2)11-9/h3-5H,1,6-7H2,2H3. The van der Waals surface area contributed by atoms with Crippen molar-refractivity contribution in [1.29, 1.82) is 0 Å². The van der Waals surface area contributed by atoms with Gasteiger partial charge in [-0.3, -0.25) is 0 Å². The van der Waals surface area contributed by atoms with Crippen LogP contribution in [0.2, 0.25) is 0 Å². The first-order valence-electron chi connectivity index (χ1n) is 3.57. The molecule has 2 nitrogen and oxygen atoms in total. The second kappa shape index (κ2) is 3.98. The lowest BCUT2D eigenvalue weighted by Crippen LogP contribution is -1.89. The minimum absolute atomic E-state index is 0.528.